The highest BCUT2D eigenvalue weighted by atomic mass is 32.2. The normalized spacial score (nSPS) is 12.4. The van der Waals surface area contributed by atoms with E-state index in [1.165, 1.54) is 30.3 Å². The lowest BCUT2D eigenvalue weighted by atomic mass is 10.3. The molecular weight excluding hydrogens is 368 g/mol. The van der Waals surface area contributed by atoms with Crippen molar-refractivity contribution in [2.24, 2.45) is 0 Å². The number of fused-ring (bicyclic) bond motifs is 1. The molecule has 2 aromatic heterocycles. The molecule has 1 N–H and O–H groups in total. The highest BCUT2D eigenvalue weighted by Gasteiger charge is 2.27. The van der Waals surface area contributed by atoms with Crippen molar-refractivity contribution in [1.82, 2.24) is 8.96 Å². The van der Waals surface area contributed by atoms with Crippen LogP contribution in [0.15, 0.2) is 58.5 Å². The Morgan fingerprint density at radius 3 is 2.24 bits per heavy atom. The van der Waals surface area contributed by atoms with Gasteiger partial charge in [0.2, 0.25) is 0 Å². The number of carbonyl (C=O) groups is 1. The molecule has 10 heteroatoms. The van der Waals surface area contributed by atoms with Crippen LogP contribution in [0, 0.1) is 0 Å². The van der Waals surface area contributed by atoms with Gasteiger partial charge < -0.3 is 5.11 Å². The number of hydrogen-bond acceptors (Lipinski definition) is 6. The maximum Gasteiger partial charge on any atom is 0.353 e. The Kier molecular flexibility index (Phi) is 3.88. The van der Waals surface area contributed by atoms with Gasteiger partial charge in [0.25, 0.3) is 10.0 Å². The van der Waals surface area contributed by atoms with Gasteiger partial charge in [0.05, 0.1) is 9.79 Å². The molecule has 0 unspecified atom stereocenters. The molecule has 0 bridgehead atoms. The predicted molar refractivity (Wildman–Crippen MR) is 88.8 cm³/mol. The highest BCUT2D eigenvalue weighted by molar-refractivity contribution is 7.90. The Labute approximate surface area is 143 Å². The predicted octanol–water partition coefficient (Wildman–Crippen LogP) is 1.38. The van der Waals surface area contributed by atoms with Crippen LogP contribution < -0.4 is 0 Å². The van der Waals surface area contributed by atoms with Crippen molar-refractivity contribution in [3.63, 3.8) is 0 Å². The van der Waals surface area contributed by atoms with Crippen molar-refractivity contribution in [2.75, 3.05) is 6.26 Å². The van der Waals surface area contributed by atoms with Gasteiger partial charge >= 0.3 is 5.97 Å². The summed E-state index contributed by atoms with van der Waals surface area (Å²) in [5.41, 5.74) is -0.689. The van der Waals surface area contributed by atoms with Gasteiger partial charge in [-0.2, -0.15) is 0 Å². The van der Waals surface area contributed by atoms with Gasteiger partial charge in [-0.15, -0.1) is 0 Å². The van der Waals surface area contributed by atoms with E-state index in [4.69, 9.17) is 0 Å². The van der Waals surface area contributed by atoms with Crippen LogP contribution in [-0.2, 0) is 19.9 Å². The molecule has 0 amide bonds. The largest absolute Gasteiger partial charge is 0.477 e. The summed E-state index contributed by atoms with van der Waals surface area (Å²) in [7, 11) is -7.80. The van der Waals surface area contributed by atoms with E-state index < -0.39 is 31.5 Å². The van der Waals surface area contributed by atoms with E-state index in [-0.39, 0.29) is 20.8 Å². The zero-order chi connectivity index (χ0) is 18.4. The molecule has 25 heavy (non-hydrogen) atoms. The number of pyridine rings is 1. The second-order valence-electron chi connectivity index (χ2n) is 5.27. The minimum Gasteiger partial charge on any atom is -0.477 e. The summed E-state index contributed by atoms with van der Waals surface area (Å²) in [4.78, 5) is 15.2. The van der Waals surface area contributed by atoms with Crippen molar-refractivity contribution >= 4 is 36.9 Å². The first-order valence-corrected chi connectivity index (χ1v) is 10.2. The minimum absolute atomic E-state index is 0.0971. The lowest BCUT2D eigenvalue weighted by Crippen LogP contribution is -2.18. The summed E-state index contributed by atoms with van der Waals surface area (Å²) in [5, 5.41) is 9.47. The number of aromatic carboxylic acids is 1. The van der Waals surface area contributed by atoms with Gasteiger partial charge in [-0.05, 0) is 24.3 Å². The van der Waals surface area contributed by atoms with Gasteiger partial charge in [0.1, 0.15) is 5.69 Å². The Bertz CT molecular complexity index is 1200. The van der Waals surface area contributed by atoms with Crippen LogP contribution in [0.1, 0.15) is 10.5 Å². The zero-order valence-corrected chi connectivity index (χ0v) is 14.5. The molecule has 3 rings (SSSR count). The molecule has 130 valence electrons. The maximum atomic E-state index is 12.9. The van der Waals surface area contributed by atoms with Crippen molar-refractivity contribution < 1.29 is 26.7 Å². The number of nitrogens with zero attached hydrogens (tertiary/aromatic N) is 2. The maximum absolute atomic E-state index is 12.9. The monoisotopic (exact) mass is 380 g/mol. The fraction of sp³-hybridized carbons (Fsp3) is 0.0667. The van der Waals surface area contributed by atoms with Crippen LogP contribution in [-0.4, -0.2) is 43.1 Å². The van der Waals surface area contributed by atoms with Gasteiger partial charge in [0, 0.05) is 17.8 Å². The van der Waals surface area contributed by atoms with Crippen LogP contribution in [0.3, 0.4) is 0 Å². The molecule has 0 spiro atoms. The minimum atomic E-state index is -4.22. The van der Waals surface area contributed by atoms with Gasteiger partial charge in [-0.1, -0.05) is 18.2 Å². The molecule has 0 fully saturated rings. The Morgan fingerprint density at radius 2 is 1.68 bits per heavy atom. The van der Waals surface area contributed by atoms with Crippen LogP contribution >= 0.6 is 0 Å². The fourth-order valence-electron chi connectivity index (χ4n) is 2.34. The number of rotatable bonds is 4. The first-order valence-electron chi connectivity index (χ1n) is 6.88. The van der Waals surface area contributed by atoms with Crippen LogP contribution in [0.5, 0.6) is 0 Å². The first kappa shape index (κ1) is 17.1. The smallest absolute Gasteiger partial charge is 0.353 e. The third-order valence-corrected chi connectivity index (χ3v) is 6.30. The van der Waals surface area contributed by atoms with E-state index in [0.717, 1.165) is 18.5 Å². The summed E-state index contributed by atoms with van der Waals surface area (Å²) in [6.45, 7) is 0. The second kappa shape index (κ2) is 5.67. The molecule has 0 radical (unpaired) electrons. The molecule has 0 saturated carbocycles. The topological polar surface area (TPSA) is 123 Å². The van der Waals surface area contributed by atoms with E-state index in [0.29, 0.717) is 3.97 Å². The molecule has 0 atom stereocenters. The number of sulfone groups is 1. The number of benzene rings is 1. The van der Waals surface area contributed by atoms with Crippen molar-refractivity contribution in [3.8, 4) is 0 Å². The first-order chi connectivity index (χ1) is 11.6. The summed E-state index contributed by atoms with van der Waals surface area (Å²) in [6.07, 6.45) is 1.98. The molecular formula is C15H12N2O6S2. The standard InChI is InChI=1S/C15H12N2O6S2/c1-24(20,21)12-7-10-8-13(15(18)19)17(14(10)16-9-12)25(22,23)11-5-3-2-4-6-11/h2-9H,1H3,(H,18,19). The summed E-state index contributed by atoms with van der Waals surface area (Å²) >= 11 is 0. The van der Waals surface area contributed by atoms with Gasteiger partial charge in [-0.3, -0.25) is 0 Å². The lowest BCUT2D eigenvalue weighted by Gasteiger charge is -2.09. The van der Waals surface area contributed by atoms with Crippen molar-refractivity contribution in [2.45, 2.75) is 9.79 Å². The van der Waals surface area contributed by atoms with E-state index in [9.17, 15) is 26.7 Å². The Morgan fingerprint density at radius 1 is 1.04 bits per heavy atom. The average Bonchev–Trinajstić information content (AvgIpc) is 2.94. The third kappa shape index (κ3) is 2.89. The quantitative estimate of drug-likeness (QED) is 0.725. The number of carboxylic acid groups (broad SMARTS) is 1. The Balaban J connectivity index is 2.38. The van der Waals surface area contributed by atoms with E-state index >= 15 is 0 Å². The second-order valence-corrected chi connectivity index (χ2v) is 9.08. The van der Waals surface area contributed by atoms with Gasteiger partial charge in [0.15, 0.2) is 15.5 Å². The molecule has 1 aromatic carbocycles. The third-order valence-electron chi connectivity index (χ3n) is 3.50. The van der Waals surface area contributed by atoms with Crippen molar-refractivity contribution in [3.05, 3.63) is 54.4 Å². The molecule has 2 heterocycles. The lowest BCUT2D eigenvalue weighted by molar-refractivity contribution is 0.0689. The molecule has 0 aliphatic heterocycles. The SMILES string of the molecule is CS(=O)(=O)c1cnc2c(c1)cc(C(=O)O)n2S(=O)(=O)c1ccccc1. The molecule has 0 saturated heterocycles. The van der Waals surface area contributed by atoms with Gasteiger partial charge in [-0.25, -0.2) is 30.6 Å². The van der Waals surface area contributed by atoms with E-state index in [1.54, 1.807) is 6.07 Å². The van der Waals surface area contributed by atoms with Crippen LogP contribution in [0.25, 0.3) is 11.0 Å². The molecule has 8 nitrogen and oxygen atoms in total. The Hall–Kier alpha value is -2.72. The highest BCUT2D eigenvalue weighted by Crippen LogP contribution is 2.26. The summed E-state index contributed by atoms with van der Waals surface area (Å²) in [5.74, 6) is -1.47. The number of aromatic nitrogens is 2. The van der Waals surface area contributed by atoms with Crippen LogP contribution in [0.2, 0.25) is 0 Å². The summed E-state index contributed by atoms with van der Waals surface area (Å²) < 4.78 is 49.6. The van der Waals surface area contributed by atoms with E-state index in [2.05, 4.69) is 4.98 Å². The average molecular weight is 380 g/mol. The molecule has 3 aromatic rings. The van der Waals surface area contributed by atoms with Crippen LogP contribution in [0.4, 0.5) is 0 Å². The molecule has 0 aliphatic rings. The number of carboxylic acids is 1. The number of hydrogen-bond donors (Lipinski definition) is 1. The molecule has 0 aliphatic carbocycles. The van der Waals surface area contributed by atoms with Crippen molar-refractivity contribution in [1.29, 1.82) is 0 Å². The van der Waals surface area contributed by atoms with E-state index in [1.807, 2.05) is 0 Å². The fourth-order valence-corrected chi connectivity index (χ4v) is 4.41. The summed E-state index contributed by atoms with van der Waals surface area (Å²) in [6, 6.07) is 9.58. The zero-order valence-electron chi connectivity index (χ0n) is 12.8.